The van der Waals surface area contributed by atoms with Crippen molar-refractivity contribution in [2.75, 3.05) is 6.61 Å². The van der Waals surface area contributed by atoms with E-state index < -0.39 is 5.97 Å². The maximum atomic E-state index is 10.4. The number of carboxylic acid groups (broad SMARTS) is 1. The lowest BCUT2D eigenvalue weighted by atomic mass is 10.1. The zero-order chi connectivity index (χ0) is 13.7. The van der Waals surface area contributed by atoms with E-state index in [4.69, 9.17) is 9.84 Å². The summed E-state index contributed by atoms with van der Waals surface area (Å²) in [5, 5.41) is 8.52. The monoisotopic (exact) mass is 320 g/mol. The summed E-state index contributed by atoms with van der Waals surface area (Å²) in [6, 6.07) is 15.7. The van der Waals surface area contributed by atoms with Crippen LogP contribution in [0.2, 0.25) is 0 Å². The Morgan fingerprint density at radius 2 is 1.53 bits per heavy atom. The fourth-order valence-corrected chi connectivity index (χ4v) is 1.91. The fraction of sp³-hybridized carbons (Fsp3) is 0.133. The molecule has 98 valence electrons. The van der Waals surface area contributed by atoms with Crippen molar-refractivity contribution in [3.05, 3.63) is 53.0 Å². The molecule has 2 rings (SSSR count). The predicted molar refractivity (Wildman–Crippen MR) is 77.3 cm³/mol. The summed E-state index contributed by atoms with van der Waals surface area (Å²) in [5.41, 5.74) is 2.22. The maximum Gasteiger partial charge on any atom is 0.306 e. The molecule has 0 atom stereocenters. The second-order valence-electron chi connectivity index (χ2n) is 4.02. The first-order valence-electron chi connectivity index (χ1n) is 5.86. The Morgan fingerprint density at radius 3 is 2.05 bits per heavy atom. The van der Waals surface area contributed by atoms with E-state index in [-0.39, 0.29) is 13.0 Å². The van der Waals surface area contributed by atoms with Gasteiger partial charge in [0.15, 0.2) is 0 Å². The number of ether oxygens (including phenoxy) is 1. The summed E-state index contributed by atoms with van der Waals surface area (Å²) in [6.45, 7) is 0.187. The van der Waals surface area contributed by atoms with Crippen LogP contribution in [0.3, 0.4) is 0 Å². The van der Waals surface area contributed by atoms with Gasteiger partial charge in [0.1, 0.15) is 5.75 Å². The van der Waals surface area contributed by atoms with Crippen molar-refractivity contribution in [1.29, 1.82) is 0 Å². The molecule has 2 aromatic carbocycles. The molecular formula is C15H13BrO3. The average Bonchev–Trinajstić information content (AvgIpc) is 2.40. The second kappa shape index (κ2) is 6.38. The molecule has 0 aliphatic carbocycles. The van der Waals surface area contributed by atoms with Crippen molar-refractivity contribution >= 4 is 21.9 Å². The lowest BCUT2D eigenvalue weighted by Gasteiger charge is -2.06. The van der Waals surface area contributed by atoms with Crippen LogP contribution in [0.15, 0.2) is 53.0 Å². The second-order valence-corrected chi connectivity index (χ2v) is 4.94. The van der Waals surface area contributed by atoms with E-state index in [1.54, 1.807) is 0 Å². The van der Waals surface area contributed by atoms with Crippen molar-refractivity contribution in [3.63, 3.8) is 0 Å². The largest absolute Gasteiger partial charge is 0.493 e. The van der Waals surface area contributed by atoms with Crippen LogP contribution in [0.5, 0.6) is 5.75 Å². The van der Waals surface area contributed by atoms with Crippen LogP contribution in [0.4, 0.5) is 0 Å². The predicted octanol–water partition coefficient (Wildman–Crippen LogP) is 3.97. The number of halogens is 1. The lowest BCUT2D eigenvalue weighted by molar-refractivity contribution is -0.137. The highest BCUT2D eigenvalue weighted by Crippen LogP contribution is 2.24. The van der Waals surface area contributed by atoms with Gasteiger partial charge in [0.25, 0.3) is 0 Å². The van der Waals surface area contributed by atoms with Gasteiger partial charge in [0, 0.05) is 4.47 Å². The third-order valence-corrected chi connectivity index (χ3v) is 3.15. The van der Waals surface area contributed by atoms with Crippen LogP contribution in [0.25, 0.3) is 11.1 Å². The molecule has 0 radical (unpaired) electrons. The number of hydrogen-bond acceptors (Lipinski definition) is 2. The number of aliphatic carboxylic acids is 1. The summed E-state index contributed by atoms with van der Waals surface area (Å²) >= 11 is 3.40. The molecule has 2 aromatic rings. The summed E-state index contributed by atoms with van der Waals surface area (Å²) < 4.78 is 6.38. The van der Waals surface area contributed by atoms with Gasteiger partial charge in [0.05, 0.1) is 13.0 Å². The van der Waals surface area contributed by atoms with Crippen LogP contribution < -0.4 is 4.74 Å². The van der Waals surface area contributed by atoms with Crippen LogP contribution >= 0.6 is 15.9 Å². The maximum absolute atomic E-state index is 10.4. The Balaban J connectivity index is 2.02. The highest BCUT2D eigenvalue weighted by molar-refractivity contribution is 9.10. The van der Waals surface area contributed by atoms with E-state index in [2.05, 4.69) is 15.9 Å². The normalized spacial score (nSPS) is 10.2. The molecule has 4 heteroatoms. The molecule has 0 bridgehead atoms. The molecule has 0 aromatic heterocycles. The molecule has 0 amide bonds. The van der Waals surface area contributed by atoms with E-state index in [9.17, 15) is 4.79 Å². The Labute approximate surface area is 120 Å². The molecular weight excluding hydrogens is 308 g/mol. The quantitative estimate of drug-likeness (QED) is 0.906. The van der Waals surface area contributed by atoms with Gasteiger partial charge in [-0.3, -0.25) is 4.79 Å². The summed E-state index contributed by atoms with van der Waals surface area (Å²) in [5.74, 6) is -0.173. The fourth-order valence-electron chi connectivity index (χ4n) is 1.64. The van der Waals surface area contributed by atoms with Gasteiger partial charge in [-0.2, -0.15) is 0 Å². The van der Waals surface area contributed by atoms with E-state index in [0.717, 1.165) is 15.6 Å². The Morgan fingerprint density at radius 1 is 1.00 bits per heavy atom. The Kier molecular flexibility index (Phi) is 4.58. The molecule has 0 saturated heterocycles. The van der Waals surface area contributed by atoms with E-state index >= 15 is 0 Å². The number of hydrogen-bond donors (Lipinski definition) is 1. The number of benzene rings is 2. The van der Waals surface area contributed by atoms with Crippen molar-refractivity contribution in [2.45, 2.75) is 6.42 Å². The van der Waals surface area contributed by atoms with E-state index in [1.807, 2.05) is 48.5 Å². The Hall–Kier alpha value is -1.81. The molecule has 0 heterocycles. The molecule has 0 spiro atoms. The molecule has 0 saturated carbocycles. The number of carbonyl (C=O) groups is 1. The first-order chi connectivity index (χ1) is 9.15. The number of rotatable bonds is 5. The van der Waals surface area contributed by atoms with Crippen molar-refractivity contribution in [2.24, 2.45) is 0 Å². The summed E-state index contributed by atoms with van der Waals surface area (Å²) in [7, 11) is 0. The van der Waals surface area contributed by atoms with Crippen molar-refractivity contribution in [1.82, 2.24) is 0 Å². The van der Waals surface area contributed by atoms with Crippen LogP contribution in [-0.4, -0.2) is 17.7 Å². The van der Waals surface area contributed by atoms with Crippen molar-refractivity contribution in [3.8, 4) is 16.9 Å². The minimum Gasteiger partial charge on any atom is -0.493 e. The first-order valence-corrected chi connectivity index (χ1v) is 6.65. The van der Waals surface area contributed by atoms with E-state index in [1.165, 1.54) is 0 Å². The minimum atomic E-state index is -0.855. The van der Waals surface area contributed by atoms with Gasteiger partial charge in [-0.1, -0.05) is 40.2 Å². The van der Waals surface area contributed by atoms with Crippen LogP contribution in [0.1, 0.15) is 6.42 Å². The third kappa shape index (κ3) is 4.10. The zero-order valence-electron chi connectivity index (χ0n) is 10.2. The zero-order valence-corrected chi connectivity index (χ0v) is 11.8. The highest BCUT2D eigenvalue weighted by Gasteiger charge is 2.00. The van der Waals surface area contributed by atoms with Crippen molar-refractivity contribution < 1.29 is 14.6 Å². The smallest absolute Gasteiger partial charge is 0.306 e. The van der Waals surface area contributed by atoms with E-state index in [0.29, 0.717) is 5.75 Å². The molecule has 19 heavy (non-hydrogen) atoms. The lowest BCUT2D eigenvalue weighted by Crippen LogP contribution is -2.04. The highest BCUT2D eigenvalue weighted by atomic mass is 79.9. The minimum absolute atomic E-state index is 0.00840. The molecule has 1 N–H and O–H groups in total. The van der Waals surface area contributed by atoms with Crippen LogP contribution in [-0.2, 0) is 4.79 Å². The number of carboxylic acids is 1. The van der Waals surface area contributed by atoms with Gasteiger partial charge < -0.3 is 9.84 Å². The third-order valence-electron chi connectivity index (χ3n) is 2.62. The molecule has 0 unspecified atom stereocenters. The molecule has 0 aliphatic heterocycles. The van der Waals surface area contributed by atoms with Gasteiger partial charge in [-0.25, -0.2) is 0 Å². The summed E-state index contributed by atoms with van der Waals surface area (Å²) in [6.07, 6.45) is 0.00840. The van der Waals surface area contributed by atoms with Gasteiger partial charge >= 0.3 is 5.97 Å². The summed E-state index contributed by atoms with van der Waals surface area (Å²) in [4.78, 5) is 10.4. The van der Waals surface area contributed by atoms with Gasteiger partial charge in [-0.05, 0) is 35.4 Å². The van der Waals surface area contributed by atoms with Gasteiger partial charge in [-0.15, -0.1) is 0 Å². The first kappa shape index (κ1) is 13.6. The molecule has 0 fully saturated rings. The standard InChI is InChI=1S/C15H13BrO3/c16-13-5-1-11(2-6-13)12-3-7-14(8-4-12)19-10-9-15(17)18/h1-8H,9-10H2,(H,17,18). The molecule has 3 nitrogen and oxygen atoms in total. The van der Waals surface area contributed by atoms with Crippen LogP contribution in [0, 0.1) is 0 Å². The molecule has 0 aliphatic rings. The SMILES string of the molecule is O=C(O)CCOc1ccc(-c2ccc(Br)cc2)cc1. The Bertz CT molecular complexity index is 547. The average molecular weight is 321 g/mol. The van der Waals surface area contributed by atoms with Gasteiger partial charge in [0.2, 0.25) is 0 Å². The topological polar surface area (TPSA) is 46.5 Å².